The fourth-order valence-electron chi connectivity index (χ4n) is 1.55. The van der Waals surface area contributed by atoms with Crippen LogP contribution in [0, 0.1) is 11.6 Å². The third-order valence-corrected chi connectivity index (χ3v) is 3.09. The number of rotatable bonds is 3. The number of amides is 1. The Hall–Kier alpha value is -2.02. The van der Waals surface area contributed by atoms with Crippen molar-refractivity contribution >= 4 is 33.2 Å². The van der Waals surface area contributed by atoms with Crippen molar-refractivity contribution in [3.05, 3.63) is 52.3 Å². The average Bonchev–Trinajstić information content (AvgIpc) is 2.36. The minimum Gasteiger partial charge on any atom is -0.397 e. The average molecular weight is 342 g/mol. The second-order valence-electron chi connectivity index (χ2n) is 4.05. The van der Waals surface area contributed by atoms with E-state index in [4.69, 9.17) is 5.73 Å². The molecule has 0 unspecified atom stereocenters. The van der Waals surface area contributed by atoms with Crippen LogP contribution in [0.15, 0.2) is 34.9 Å². The Labute approximate surface area is 122 Å². The fraction of sp³-hybridized carbons (Fsp3) is 0.0769. The van der Waals surface area contributed by atoms with Crippen molar-refractivity contribution in [1.82, 2.24) is 4.98 Å². The van der Waals surface area contributed by atoms with E-state index in [1.165, 1.54) is 6.20 Å². The standard InChI is InChI=1S/C13H10BrF2N3O/c14-10-3-7(15)4-11(16)13(10)19-12(20)5-9-2-1-8(17)6-18-9/h1-4,6H,5,17H2,(H,19,20). The minimum absolute atomic E-state index is 0.0382. The molecule has 104 valence electrons. The second-order valence-corrected chi connectivity index (χ2v) is 4.91. The molecule has 2 aromatic rings. The molecule has 1 aromatic heterocycles. The summed E-state index contributed by atoms with van der Waals surface area (Å²) in [7, 11) is 0. The van der Waals surface area contributed by atoms with Gasteiger partial charge >= 0.3 is 0 Å². The van der Waals surface area contributed by atoms with Gasteiger partial charge in [-0.2, -0.15) is 0 Å². The number of hydrogen-bond acceptors (Lipinski definition) is 3. The molecule has 0 spiro atoms. The van der Waals surface area contributed by atoms with E-state index >= 15 is 0 Å². The lowest BCUT2D eigenvalue weighted by atomic mass is 10.2. The fourth-order valence-corrected chi connectivity index (χ4v) is 2.06. The smallest absolute Gasteiger partial charge is 0.230 e. The maximum absolute atomic E-state index is 13.5. The number of pyridine rings is 1. The van der Waals surface area contributed by atoms with Crippen LogP contribution in [0.3, 0.4) is 0 Å². The first kappa shape index (κ1) is 14.4. The summed E-state index contributed by atoms with van der Waals surface area (Å²) in [4.78, 5) is 15.8. The number of nitrogens with two attached hydrogens (primary N) is 1. The lowest BCUT2D eigenvalue weighted by Gasteiger charge is -2.08. The molecule has 3 N–H and O–H groups in total. The largest absolute Gasteiger partial charge is 0.397 e. The molecule has 0 saturated heterocycles. The number of anilines is 2. The molecule has 0 aliphatic carbocycles. The predicted octanol–water partition coefficient (Wildman–Crippen LogP) is 2.89. The van der Waals surface area contributed by atoms with Crippen molar-refractivity contribution in [1.29, 1.82) is 0 Å². The number of carbonyl (C=O) groups is 1. The summed E-state index contributed by atoms with van der Waals surface area (Å²) in [5.41, 5.74) is 6.36. The quantitative estimate of drug-likeness (QED) is 0.901. The first-order valence-electron chi connectivity index (χ1n) is 5.60. The van der Waals surface area contributed by atoms with E-state index in [1.807, 2.05) is 0 Å². The number of benzene rings is 1. The van der Waals surface area contributed by atoms with Crippen LogP contribution in [-0.4, -0.2) is 10.9 Å². The Morgan fingerprint density at radius 1 is 1.35 bits per heavy atom. The molecule has 1 heterocycles. The van der Waals surface area contributed by atoms with Gasteiger partial charge in [0, 0.05) is 16.2 Å². The van der Waals surface area contributed by atoms with E-state index in [9.17, 15) is 13.6 Å². The van der Waals surface area contributed by atoms with Gasteiger partial charge in [-0.1, -0.05) is 0 Å². The summed E-state index contributed by atoms with van der Waals surface area (Å²) in [6, 6.07) is 4.98. The number of nitrogens with one attached hydrogen (secondary N) is 1. The molecule has 0 radical (unpaired) electrons. The normalized spacial score (nSPS) is 10.3. The zero-order valence-corrected chi connectivity index (χ0v) is 11.7. The first-order valence-corrected chi connectivity index (χ1v) is 6.40. The van der Waals surface area contributed by atoms with Crippen LogP contribution in [-0.2, 0) is 11.2 Å². The highest BCUT2D eigenvalue weighted by atomic mass is 79.9. The number of aromatic nitrogens is 1. The Bertz CT molecular complexity index is 624. The Kier molecular flexibility index (Phi) is 4.29. The molecule has 1 aromatic carbocycles. The van der Waals surface area contributed by atoms with Gasteiger partial charge in [-0.15, -0.1) is 0 Å². The van der Waals surface area contributed by atoms with Crippen LogP contribution in [0.4, 0.5) is 20.2 Å². The highest BCUT2D eigenvalue weighted by molar-refractivity contribution is 9.10. The molecule has 20 heavy (non-hydrogen) atoms. The molecule has 1 amide bonds. The summed E-state index contributed by atoms with van der Waals surface area (Å²) in [5, 5.41) is 2.37. The summed E-state index contributed by atoms with van der Waals surface area (Å²) in [6.07, 6.45) is 1.39. The summed E-state index contributed by atoms with van der Waals surface area (Å²) >= 11 is 2.99. The van der Waals surface area contributed by atoms with Crippen molar-refractivity contribution < 1.29 is 13.6 Å². The van der Waals surface area contributed by atoms with Crippen molar-refractivity contribution in [3.8, 4) is 0 Å². The van der Waals surface area contributed by atoms with E-state index in [0.29, 0.717) is 17.4 Å². The molecule has 0 aliphatic heterocycles. The Morgan fingerprint density at radius 3 is 2.70 bits per heavy atom. The zero-order chi connectivity index (χ0) is 14.7. The van der Waals surface area contributed by atoms with Crippen LogP contribution < -0.4 is 11.1 Å². The number of nitrogens with zero attached hydrogens (tertiary/aromatic N) is 1. The first-order chi connectivity index (χ1) is 9.45. The third kappa shape index (κ3) is 3.51. The predicted molar refractivity (Wildman–Crippen MR) is 75.0 cm³/mol. The monoisotopic (exact) mass is 341 g/mol. The van der Waals surface area contributed by atoms with E-state index in [0.717, 1.165) is 6.07 Å². The highest BCUT2D eigenvalue weighted by Gasteiger charge is 2.13. The topological polar surface area (TPSA) is 68.0 Å². The van der Waals surface area contributed by atoms with E-state index in [-0.39, 0.29) is 16.6 Å². The summed E-state index contributed by atoms with van der Waals surface area (Å²) < 4.78 is 26.6. The molecule has 0 fully saturated rings. The number of nitrogen functional groups attached to an aromatic ring is 1. The van der Waals surface area contributed by atoms with Gasteiger partial charge in [0.15, 0.2) is 5.82 Å². The zero-order valence-electron chi connectivity index (χ0n) is 10.2. The van der Waals surface area contributed by atoms with Crippen molar-refractivity contribution in [2.45, 2.75) is 6.42 Å². The van der Waals surface area contributed by atoms with E-state index < -0.39 is 17.5 Å². The molecule has 4 nitrogen and oxygen atoms in total. The molecule has 7 heteroatoms. The molecular weight excluding hydrogens is 332 g/mol. The lowest BCUT2D eigenvalue weighted by molar-refractivity contribution is -0.115. The number of carbonyl (C=O) groups excluding carboxylic acids is 1. The van der Waals surface area contributed by atoms with Gasteiger partial charge in [-0.3, -0.25) is 9.78 Å². The maximum atomic E-state index is 13.5. The number of hydrogen-bond donors (Lipinski definition) is 2. The summed E-state index contributed by atoms with van der Waals surface area (Å²) in [5.74, 6) is -2.04. The van der Waals surface area contributed by atoms with Crippen LogP contribution in [0.25, 0.3) is 0 Å². The van der Waals surface area contributed by atoms with Crippen LogP contribution in [0.5, 0.6) is 0 Å². The van der Waals surface area contributed by atoms with Gasteiger partial charge in [0.25, 0.3) is 0 Å². The highest BCUT2D eigenvalue weighted by Crippen LogP contribution is 2.26. The second kappa shape index (κ2) is 5.96. The van der Waals surface area contributed by atoms with E-state index in [1.54, 1.807) is 12.1 Å². The van der Waals surface area contributed by atoms with Crippen molar-refractivity contribution in [2.24, 2.45) is 0 Å². The molecule has 0 bridgehead atoms. The maximum Gasteiger partial charge on any atom is 0.230 e. The molecule has 0 atom stereocenters. The summed E-state index contributed by atoms with van der Waals surface area (Å²) in [6.45, 7) is 0. The third-order valence-electron chi connectivity index (χ3n) is 2.46. The van der Waals surface area contributed by atoms with Gasteiger partial charge in [-0.25, -0.2) is 8.78 Å². The Morgan fingerprint density at radius 2 is 2.10 bits per heavy atom. The van der Waals surface area contributed by atoms with Crippen LogP contribution >= 0.6 is 15.9 Å². The minimum atomic E-state index is -0.851. The molecule has 2 rings (SSSR count). The molecule has 0 aliphatic rings. The molecular formula is C13H10BrF2N3O. The van der Waals surface area contributed by atoms with Gasteiger partial charge in [0.2, 0.25) is 5.91 Å². The lowest BCUT2D eigenvalue weighted by Crippen LogP contribution is -2.16. The van der Waals surface area contributed by atoms with Crippen LogP contribution in [0.2, 0.25) is 0 Å². The van der Waals surface area contributed by atoms with Gasteiger partial charge in [-0.05, 0) is 34.1 Å². The van der Waals surface area contributed by atoms with E-state index in [2.05, 4.69) is 26.2 Å². The Balaban J connectivity index is 2.10. The number of halogens is 3. The van der Waals surface area contributed by atoms with Crippen molar-refractivity contribution in [2.75, 3.05) is 11.1 Å². The SMILES string of the molecule is Nc1ccc(CC(=O)Nc2c(F)cc(F)cc2Br)nc1. The van der Waals surface area contributed by atoms with Crippen molar-refractivity contribution in [3.63, 3.8) is 0 Å². The van der Waals surface area contributed by atoms with Gasteiger partial charge < -0.3 is 11.1 Å². The molecule has 0 saturated carbocycles. The van der Waals surface area contributed by atoms with Crippen LogP contribution in [0.1, 0.15) is 5.69 Å². The van der Waals surface area contributed by atoms with Gasteiger partial charge in [0.1, 0.15) is 5.82 Å². The van der Waals surface area contributed by atoms with Gasteiger partial charge in [0.05, 0.1) is 24.0 Å².